The van der Waals surface area contributed by atoms with E-state index in [0.717, 1.165) is 0 Å². The predicted octanol–water partition coefficient (Wildman–Crippen LogP) is 3.30. The number of nitrogens with zero attached hydrogens (tertiary/aromatic N) is 1. The first kappa shape index (κ1) is 11.2. The average molecular weight is 220 g/mol. The van der Waals surface area contributed by atoms with E-state index in [2.05, 4.69) is 0 Å². The number of rotatable bonds is 1. The second-order valence-electron chi connectivity index (χ2n) is 3.26. The summed E-state index contributed by atoms with van der Waals surface area (Å²) in [4.78, 5) is 1.17. The summed E-state index contributed by atoms with van der Waals surface area (Å²) in [7, 11) is 0. The summed E-state index contributed by atoms with van der Waals surface area (Å²) in [5.41, 5.74) is 0.616. The van der Waals surface area contributed by atoms with E-state index in [0.29, 0.717) is 18.7 Å². The van der Waals surface area contributed by atoms with Gasteiger partial charge in [0.25, 0.3) is 0 Å². The average Bonchev–Trinajstić information content (AvgIpc) is 2.47. The van der Waals surface area contributed by atoms with Crippen molar-refractivity contribution < 1.29 is 8.78 Å². The lowest BCUT2D eigenvalue weighted by atomic mass is 10.3. The van der Waals surface area contributed by atoms with E-state index >= 15 is 0 Å². The van der Waals surface area contributed by atoms with Crippen LogP contribution in [0.5, 0.6) is 0 Å². The van der Waals surface area contributed by atoms with Crippen LogP contribution in [0, 0.1) is 0 Å². The highest BCUT2D eigenvalue weighted by molar-refractivity contribution is 5.85. The van der Waals surface area contributed by atoms with Gasteiger partial charge in [-0.2, -0.15) is 8.78 Å². The molecule has 0 spiro atoms. The maximum absolute atomic E-state index is 13.2. The van der Waals surface area contributed by atoms with Crippen molar-refractivity contribution in [3.05, 3.63) is 30.3 Å². The Hall–Kier alpha value is -0.830. The Balaban J connectivity index is 0.000000980. The van der Waals surface area contributed by atoms with E-state index in [1.54, 1.807) is 24.3 Å². The third kappa shape index (κ3) is 1.98. The zero-order chi connectivity index (χ0) is 9.31. The molecule has 1 aliphatic rings. The van der Waals surface area contributed by atoms with Crippen molar-refractivity contribution in [1.29, 1.82) is 0 Å². The summed E-state index contributed by atoms with van der Waals surface area (Å²) in [6.07, 6.45) is 0.545. The van der Waals surface area contributed by atoms with Crippen LogP contribution in [0.3, 0.4) is 0 Å². The van der Waals surface area contributed by atoms with Crippen LogP contribution < -0.4 is 4.90 Å². The third-order valence-corrected chi connectivity index (χ3v) is 2.32. The lowest BCUT2D eigenvalue weighted by molar-refractivity contribution is 0.0130. The molecule has 0 N–H and O–H groups in total. The van der Waals surface area contributed by atoms with E-state index in [1.165, 1.54) is 4.90 Å². The molecule has 0 aromatic heterocycles. The zero-order valence-corrected chi connectivity index (χ0v) is 8.44. The fraction of sp³-hybridized carbons (Fsp3) is 0.400. The fourth-order valence-electron chi connectivity index (χ4n) is 1.67. The molecule has 1 aromatic rings. The Morgan fingerprint density at radius 3 is 2.29 bits per heavy atom. The molecule has 0 unspecified atom stereocenters. The van der Waals surface area contributed by atoms with Gasteiger partial charge < -0.3 is 4.90 Å². The van der Waals surface area contributed by atoms with Crippen LogP contribution in [-0.2, 0) is 0 Å². The second-order valence-corrected chi connectivity index (χ2v) is 3.26. The topological polar surface area (TPSA) is 3.24 Å². The van der Waals surface area contributed by atoms with Crippen LogP contribution in [0.25, 0.3) is 0 Å². The van der Waals surface area contributed by atoms with Gasteiger partial charge in [0, 0.05) is 18.7 Å². The summed E-state index contributed by atoms with van der Waals surface area (Å²) in [5.74, 6) is 0. The minimum Gasteiger partial charge on any atom is -0.313 e. The molecule has 1 nitrogen and oxygen atoms in total. The maximum Gasteiger partial charge on any atom is 0.325 e. The first-order chi connectivity index (χ1) is 6.20. The van der Waals surface area contributed by atoms with Crippen molar-refractivity contribution in [3.63, 3.8) is 0 Å². The Bertz CT molecular complexity index is 289. The molecule has 1 heterocycles. The van der Waals surface area contributed by atoms with Gasteiger partial charge in [0.1, 0.15) is 0 Å². The standard InChI is InChI=1S/C10H11F2N.ClH/c11-10(12)7-4-8-13(10)9-5-2-1-3-6-9;/h1-3,5-6H,4,7-8H2;1H. The number of hydrogen-bond acceptors (Lipinski definition) is 1. The van der Waals surface area contributed by atoms with Gasteiger partial charge in [-0.1, -0.05) is 18.2 Å². The van der Waals surface area contributed by atoms with Crippen LogP contribution in [0.1, 0.15) is 12.8 Å². The number of benzene rings is 1. The summed E-state index contributed by atoms with van der Waals surface area (Å²) in [6, 6.07) is 6.19. The van der Waals surface area contributed by atoms with Gasteiger partial charge in [-0.25, -0.2) is 0 Å². The van der Waals surface area contributed by atoms with Gasteiger partial charge in [-0.3, -0.25) is 0 Å². The van der Waals surface area contributed by atoms with Gasteiger partial charge in [-0.15, -0.1) is 12.4 Å². The van der Waals surface area contributed by atoms with Crippen LogP contribution >= 0.6 is 12.4 Å². The molecular weight excluding hydrogens is 208 g/mol. The Kier molecular flexibility index (Phi) is 3.32. The molecule has 0 saturated carbocycles. The first-order valence-electron chi connectivity index (χ1n) is 4.41. The summed E-state index contributed by atoms with van der Waals surface area (Å²) >= 11 is 0. The lowest BCUT2D eigenvalue weighted by Crippen LogP contribution is -2.35. The van der Waals surface area contributed by atoms with E-state index < -0.39 is 6.05 Å². The molecule has 14 heavy (non-hydrogen) atoms. The summed E-state index contributed by atoms with van der Waals surface area (Å²) in [5, 5.41) is 0. The summed E-state index contributed by atoms with van der Waals surface area (Å²) < 4.78 is 26.4. The summed E-state index contributed by atoms with van der Waals surface area (Å²) in [6.45, 7) is 0.455. The van der Waals surface area contributed by atoms with Crippen molar-refractivity contribution in [2.45, 2.75) is 18.9 Å². The van der Waals surface area contributed by atoms with Gasteiger partial charge in [-0.05, 0) is 18.6 Å². The number of para-hydroxylation sites is 1. The monoisotopic (exact) mass is 219 g/mol. The molecule has 0 bridgehead atoms. The van der Waals surface area contributed by atoms with Crippen molar-refractivity contribution in [2.24, 2.45) is 0 Å². The van der Waals surface area contributed by atoms with E-state index in [1.807, 2.05) is 6.07 Å². The zero-order valence-electron chi connectivity index (χ0n) is 7.62. The molecule has 1 saturated heterocycles. The number of halogens is 3. The Morgan fingerprint density at radius 1 is 1.14 bits per heavy atom. The highest BCUT2D eigenvalue weighted by Gasteiger charge is 2.41. The molecule has 78 valence electrons. The largest absolute Gasteiger partial charge is 0.325 e. The third-order valence-electron chi connectivity index (χ3n) is 2.32. The van der Waals surface area contributed by atoms with Gasteiger partial charge in [0.15, 0.2) is 0 Å². The molecule has 0 atom stereocenters. The van der Waals surface area contributed by atoms with Gasteiger partial charge in [0.05, 0.1) is 0 Å². The number of anilines is 1. The molecule has 1 aliphatic heterocycles. The molecule has 0 aliphatic carbocycles. The van der Waals surface area contributed by atoms with Crippen LogP contribution in [-0.4, -0.2) is 12.6 Å². The highest BCUT2D eigenvalue weighted by Crippen LogP contribution is 2.35. The molecule has 1 aromatic carbocycles. The highest BCUT2D eigenvalue weighted by atomic mass is 35.5. The molecule has 2 rings (SSSR count). The minimum absolute atomic E-state index is 0. The van der Waals surface area contributed by atoms with E-state index in [9.17, 15) is 8.78 Å². The second kappa shape index (κ2) is 4.13. The van der Waals surface area contributed by atoms with E-state index in [4.69, 9.17) is 0 Å². The van der Waals surface area contributed by atoms with Crippen LogP contribution in [0.4, 0.5) is 14.5 Å². The van der Waals surface area contributed by atoms with Gasteiger partial charge >= 0.3 is 6.05 Å². The lowest BCUT2D eigenvalue weighted by Gasteiger charge is -2.25. The fourth-order valence-corrected chi connectivity index (χ4v) is 1.67. The first-order valence-corrected chi connectivity index (χ1v) is 4.41. The molecule has 0 amide bonds. The smallest absolute Gasteiger partial charge is 0.313 e. The van der Waals surface area contributed by atoms with Crippen LogP contribution in [0.2, 0.25) is 0 Å². The molecular formula is C10H12ClF2N. The van der Waals surface area contributed by atoms with E-state index in [-0.39, 0.29) is 18.8 Å². The van der Waals surface area contributed by atoms with Crippen molar-refractivity contribution >= 4 is 18.1 Å². The maximum atomic E-state index is 13.2. The number of hydrogen-bond donors (Lipinski definition) is 0. The quantitative estimate of drug-likeness (QED) is 0.655. The van der Waals surface area contributed by atoms with Crippen molar-refractivity contribution in [2.75, 3.05) is 11.4 Å². The Labute approximate surface area is 88.1 Å². The van der Waals surface area contributed by atoms with Gasteiger partial charge in [0.2, 0.25) is 0 Å². The van der Waals surface area contributed by atoms with Crippen molar-refractivity contribution in [1.82, 2.24) is 0 Å². The normalized spacial score (nSPS) is 19.1. The minimum atomic E-state index is -2.65. The number of alkyl halides is 2. The molecule has 1 fully saturated rings. The SMILES string of the molecule is Cl.FC1(F)CCCN1c1ccccc1. The van der Waals surface area contributed by atoms with Crippen LogP contribution in [0.15, 0.2) is 30.3 Å². The molecule has 0 radical (unpaired) electrons. The Morgan fingerprint density at radius 2 is 1.79 bits per heavy atom. The predicted molar refractivity (Wildman–Crippen MR) is 55.2 cm³/mol. The molecule has 4 heteroatoms. The van der Waals surface area contributed by atoms with Crippen molar-refractivity contribution in [3.8, 4) is 0 Å².